The Balaban J connectivity index is 3.14. The van der Waals surface area contributed by atoms with E-state index < -0.39 is 20.6 Å². The van der Waals surface area contributed by atoms with Gasteiger partial charge in [0.25, 0.3) is 5.69 Å². The van der Waals surface area contributed by atoms with Crippen LogP contribution in [0.5, 0.6) is 0 Å². The predicted octanol–water partition coefficient (Wildman–Crippen LogP) is 2.35. The Morgan fingerprint density at radius 3 is 2.38 bits per heavy atom. The lowest BCUT2D eigenvalue weighted by Gasteiger charge is -2.14. The maximum absolute atomic E-state index is 12.3. The second-order valence-electron chi connectivity index (χ2n) is 4.72. The zero-order chi connectivity index (χ0) is 16.0. The molecule has 7 nitrogen and oxygen atoms in total. The van der Waals surface area contributed by atoms with E-state index in [2.05, 4.69) is 10.0 Å². The van der Waals surface area contributed by atoms with Crippen LogP contribution in [-0.2, 0) is 10.0 Å². The van der Waals surface area contributed by atoms with Crippen molar-refractivity contribution in [3.8, 4) is 0 Å². The van der Waals surface area contributed by atoms with Crippen LogP contribution in [0.2, 0.25) is 0 Å². The van der Waals surface area contributed by atoms with Gasteiger partial charge in [0.05, 0.1) is 4.92 Å². The minimum absolute atomic E-state index is 0.214. The molecular weight excluding hydrogens is 294 g/mol. The molecule has 1 aromatic rings. The Hall–Kier alpha value is -1.67. The fourth-order valence-corrected chi connectivity index (χ4v) is 3.23. The highest BCUT2D eigenvalue weighted by atomic mass is 32.2. The molecule has 0 aromatic heterocycles. The molecule has 0 saturated heterocycles. The molecule has 1 aromatic carbocycles. The third kappa shape index (κ3) is 4.40. The lowest BCUT2D eigenvalue weighted by atomic mass is 10.0. The van der Waals surface area contributed by atoms with Gasteiger partial charge in [-0.3, -0.25) is 10.1 Å². The summed E-state index contributed by atoms with van der Waals surface area (Å²) in [4.78, 5) is 10.0. The molecule has 0 amide bonds. The smallest absolute Gasteiger partial charge is 0.289 e. The molecule has 0 unspecified atom stereocenters. The molecule has 0 heterocycles. The van der Waals surface area contributed by atoms with Gasteiger partial charge in [0.15, 0.2) is 4.90 Å². The number of hydrogen-bond acceptors (Lipinski definition) is 5. The topological polar surface area (TPSA) is 101 Å². The average molecular weight is 315 g/mol. The third-order valence-corrected chi connectivity index (χ3v) is 4.90. The Morgan fingerprint density at radius 2 is 1.90 bits per heavy atom. The Kier molecular flexibility index (Phi) is 6.10. The summed E-state index contributed by atoms with van der Waals surface area (Å²) in [6.07, 6.45) is 1.69. The number of benzene rings is 1. The minimum Gasteiger partial charge on any atom is -0.388 e. The second kappa shape index (κ2) is 7.37. The number of nitrogens with zero attached hydrogens (tertiary/aromatic N) is 1. The third-order valence-electron chi connectivity index (χ3n) is 3.45. The molecule has 0 saturated carbocycles. The van der Waals surface area contributed by atoms with Crippen molar-refractivity contribution in [2.75, 3.05) is 18.9 Å². The van der Waals surface area contributed by atoms with E-state index in [0.29, 0.717) is 5.69 Å². The fourth-order valence-electron chi connectivity index (χ4n) is 1.92. The van der Waals surface area contributed by atoms with Gasteiger partial charge in [-0.2, -0.15) is 0 Å². The van der Waals surface area contributed by atoms with Gasteiger partial charge in [-0.1, -0.05) is 26.7 Å². The van der Waals surface area contributed by atoms with E-state index in [9.17, 15) is 18.5 Å². The highest BCUT2D eigenvalue weighted by molar-refractivity contribution is 7.89. The first-order chi connectivity index (χ1) is 9.85. The van der Waals surface area contributed by atoms with Gasteiger partial charge in [-0.15, -0.1) is 0 Å². The van der Waals surface area contributed by atoms with E-state index >= 15 is 0 Å². The normalized spacial score (nSPS) is 11.6. The summed E-state index contributed by atoms with van der Waals surface area (Å²) in [7, 11) is -2.30. The molecule has 0 radical (unpaired) electrons. The molecule has 0 atom stereocenters. The number of anilines is 1. The van der Waals surface area contributed by atoms with Gasteiger partial charge >= 0.3 is 0 Å². The predicted molar refractivity (Wildman–Crippen MR) is 81.9 cm³/mol. The highest BCUT2D eigenvalue weighted by Gasteiger charge is 2.26. The van der Waals surface area contributed by atoms with Crippen LogP contribution in [0.1, 0.15) is 26.7 Å². The van der Waals surface area contributed by atoms with Crippen molar-refractivity contribution in [1.82, 2.24) is 4.72 Å². The van der Waals surface area contributed by atoms with E-state index in [4.69, 9.17) is 0 Å². The SMILES string of the molecule is CCC(CC)CNS(=O)(=O)c1cc(NC)ccc1[N+](=O)[O-]. The van der Waals surface area contributed by atoms with Crippen molar-refractivity contribution in [2.24, 2.45) is 5.92 Å². The summed E-state index contributed by atoms with van der Waals surface area (Å²) in [5, 5.41) is 13.8. The van der Waals surface area contributed by atoms with Gasteiger partial charge in [0.1, 0.15) is 0 Å². The van der Waals surface area contributed by atoms with Crippen LogP contribution < -0.4 is 10.0 Å². The Labute approximate surface area is 124 Å². The summed E-state index contributed by atoms with van der Waals surface area (Å²) in [5.41, 5.74) is 0.0783. The second-order valence-corrected chi connectivity index (χ2v) is 6.46. The van der Waals surface area contributed by atoms with Gasteiger partial charge < -0.3 is 5.32 Å². The molecule has 0 bridgehead atoms. The Morgan fingerprint density at radius 1 is 1.29 bits per heavy atom. The quantitative estimate of drug-likeness (QED) is 0.566. The van der Waals surface area contributed by atoms with Crippen LogP contribution in [0.4, 0.5) is 11.4 Å². The molecule has 2 N–H and O–H groups in total. The number of rotatable bonds is 8. The van der Waals surface area contributed by atoms with E-state index in [1.165, 1.54) is 18.2 Å². The fraction of sp³-hybridized carbons (Fsp3) is 0.538. The van der Waals surface area contributed by atoms with Crippen LogP contribution in [0, 0.1) is 16.0 Å². The van der Waals surface area contributed by atoms with E-state index in [1.807, 2.05) is 13.8 Å². The number of nitro benzene ring substituents is 1. The van der Waals surface area contributed by atoms with Crippen LogP contribution in [0.25, 0.3) is 0 Å². The lowest BCUT2D eigenvalue weighted by Crippen LogP contribution is -2.29. The summed E-state index contributed by atoms with van der Waals surface area (Å²) in [6, 6.07) is 3.93. The molecule has 1 rings (SSSR count). The summed E-state index contributed by atoms with van der Waals surface area (Å²) in [6.45, 7) is 4.23. The van der Waals surface area contributed by atoms with Crippen molar-refractivity contribution in [1.29, 1.82) is 0 Å². The highest BCUT2D eigenvalue weighted by Crippen LogP contribution is 2.27. The van der Waals surface area contributed by atoms with Crippen LogP contribution >= 0.6 is 0 Å². The number of nitrogens with one attached hydrogen (secondary N) is 2. The van der Waals surface area contributed by atoms with Crippen molar-refractivity contribution >= 4 is 21.4 Å². The first kappa shape index (κ1) is 17.4. The molecule has 0 aliphatic carbocycles. The Bertz CT molecular complexity index is 597. The average Bonchev–Trinajstić information content (AvgIpc) is 2.47. The summed E-state index contributed by atoms with van der Waals surface area (Å²) < 4.78 is 27.1. The molecular formula is C13H21N3O4S. The zero-order valence-corrected chi connectivity index (χ0v) is 13.2. The molecule has 0 aliphatic rings. The van der Waals surface area contributed by atoms with E-state index in [0.717, 1.165) is 12.8 Å². The van der Waals surface area contributed by atoms with E-state index in [1.54, 1.807) is 7.05 Å². The van der Waals surface area contributed by atoms with Crippen molar-refractivity contribution in [2.45, 2.75) is 31.6 Å². The summed E-state index contributed by atoms with van der Waals surface area (Å²) >= 11 is 0. The van der Waals surface area contributed by atoms with Gasteiger partial charge in [0.2, 0.25) is 10.0 Å². The maximum Gasteiger partial charge on any atom is 0.289 e. The molecule has 118 valence electrons. The first-order valence-electron chi connectivity index (χ1n) is 6.81. The van der Waals surface area contributed by atoms with Crippen molar-refractivity contribution in [3.63, 3.8) is 0 Å². The molecule has 0 spiro atoms. The minimum atomic E-state index is -3.92. The molecule has 8 heteroatoms. The van der Waals surface area contributed by atoms with Crippen LogP contribution in [-0.4, -0.2) is 26.9 Å². The maximum atomic E-state index is 12.3. The molecule has 21 heavy (non-hydrogen) atoms. The standard InChI is InChI=1S/C13H21N3O4S/c1-4-10(5-2)9-15-21(19,20)13-8-11(14-3)6-7-12(13)16(17)18/h6-8,10,14-15H,4-5,9H2,1-3H3. The lowest BCUT2D eigenvalue weighted by molar-refractivity contribution is -0.387. The number of nitro groups is 1. The number of hydrogen-bond donors (Lipinski definition) is 2. The first-order valence-corrected chi connectivity index (χ1v) is 8.29. The largest absolute Gasteiger partial charge is 0.388 e. The van der Waals surface area contributed by atoms with Crippen LogP contribution in [0.3, 0.4) is 0 Å². The summed E-state index contributed by atoms with van der Waals surface area (Å²) in [5.74, 6) is 0.214. The van der Waals surface area contributed by atoms with E-state index in [-0.39, 0.29) is 17.4 Å². The monoisotopic (exact) mass is 315 g/mol. The number of sulfonamides is 1. The molecule has 0 aliphatic heterocycles. The van der Waals surface area contributed by atoms with Gasteiger partial charge in [0, 0.05) is 25.3 Å². The van der Waals surface area contributed by atoms with Crippen molar-refractivity contribution < 1.29 is 13.3 Å². The van der Waals surface area contributed by atoms with Crippen molar-refractivity contribution in [3.05, 3.63) is 28.3 Å². The van der Waals surface area contributed by atoms with Crippen LogP contribution in [0.15, 0.2) is 23.1 Å². The zero-order valence-electron chi connectivity index (χ0n) is 12.4. The molecule has 0 fully saturated rings. The van der Waals surface area contributed by atoms with Gasteiger partial charge in [-0.05, 0) is 18.1 Å². The van der Waals surface area contributed by atoms with Gasteiger partial charge in [-0.25, -0.2) is 13.1 Å².